The fraction of sp³-hybridized carbons (Fsp3) is 0.474. The predicted molar refractivity (Wildman–Crippen MR) is 92.8 cm³/mol. The Morgan fingerprint density at radius 2 is 2.33 bits per heavy atom. The number of benzene rings is 1. The smallest absolute Gasteiger partial charge is 0.223 e. The van der Waals surface area contributed by atoms with Gasteiger partial charge in [0.2, 0.25) is 5.91 Å². The third-order valence-electron chi connectivity index (χ3n) is 4.71. The van der Waals surface area contributed by atoms with Crippen LogP contribution in [-0.4, -0.2) is 34.7 Å². The minimum atomic E-state index is 0.176. The summed E-state index contributed by atoms with van der Waals surface area (Å²) < 4.78 is 5.34. The van der Waals surface area contributed by atoms with Crippen molar-refractivity contribution in [1.29, 1.82) is 0 Å². The summed E-state index contributed by atoms with van der Waals surface area (Å²) in [5, 5.41) is 6.76. The number of rotatable bonds is 6. The van der Waals surface area contributed by atoms with Gasteiger partial charge in [0.05, 0.1) is 19.3 Å². The Morgan fingerprint density at radius 3 is 3.12 bits per heavy atom. The van der Waals surface area contributed by atoms with Gasteiger partial charge in [0.15, 0.2) is 0 Å². The number of H-pyrrole nitrogens is 1. The summed E-state index contributed by atoms with van der Waals surface area (Å²) in [4.78, 5) is 14.8. The van der Waals surface area contributed by atoms with E-state index in [1.165, 1.54) is 12.0 Å². The first-order chi connectivity index (χ1) is 11.8. The molecule has 1 aliphatic heterocycles. The van der Waals surface area contributed by atoms with Gasteiger partial charge in [-0.05, 0) is 55.4 Å². The second kappa shape index (κ2) is 7.99. The molecule has 128 valence electrons. The minimum Gasteiger partial charge on any atom is -0.497 e. The molecular formula is C19H25N3O2. The van der Waals surface area contributed by atoms with Crippen LogP contribution in [0, 0.1) is 0 Å². The average molecular weight is 327 g/mol. The van der Waals surface area contributed by atoms with Gasteiger partial charge < -0.3 is 9.64 Å². The molecule has 2 aromatic rings. The van der Waals surface area contributed by atoms with Gasteiger partial charge in [-0.15, -0.1) is 0 Å². The highest BCUT2D eigenvalue weighted by Crippen LogP contribution is 2.33. The molecule has 1 N–H and O–H groups in total. The van der Waals surface area contributed by atoms with Gasteiger partial charge in [0.25, 0.3) is 0 Å². The maximum absolute atomic E-state index is 12.7. The zero-order valence-electron chi connectivity index (χ0n) is 14.2. The normalized spacial score (nSPS) is 17.7. The fourth-order valence-corrected chi connectivity index (χ4v) is 3.43. The lowest BCUT2D eigenvalue weighted by atomic mass is 9.94. The fourth-order valence-electron chi connectivity index (χ4n) is 3.43. The lowest BCUT2D eigenvalue weighted by Gasteiger charge is -2.36. The van der Waals surface area contributed by atoms with Crippen molar-refractivity contribution >= 4 is 5.91 Å². The second-order valence-electron chi connectivity index (χ2n) is 6.34. The summed E-state index contributed by atoms with van der Waals surface area (Å²) in [5.41, 5.74) is 2.34. The Balaban J connectivity index is 1.63. The van der Waals surface area contributed by atoms with Crippen LogP contribution >= 0.6 is 0 Å². The number of nitrogens with zero attached hydrogens (tertiary/aromatic N) is 2. The molecule has 1 atom stereocenters. The van der Waals surface area contributed by atoms with E-state index in [1.54, 1.807) is 7.11 Å². The molecule has 5 nitrogen and oxygen atoms in total. The van der Waals surface area contributed by atoms with E-state index in [0.717, 1.165) is 43.5 Å². The number of carbonyl (C=O) groups excluding carboxylic acids is 1. The zero-order chi connectivity index (χ0) is 16.8. The number of ether oxygens (including phenoxy) is 1. The molecule has 1 aliphatic rings. The van der Waals surface area contributed by atoms with Crippen molar-refractivity contribution in [2.24, 2.45) is 0 Å². The largest absolute Gasteiger partial charge is 0.497 e. The molecule has 0 saturated carbocycles. The number of aromatic nitrogens is 2. The molecule has 1 saturated heterocycles. The van der Waals surface area contributed by atoms with Crippen LogP contribution in [0.25, 0.3) is 0 Å². The second-order valence-corrected chi connectivity index (χ2v) is 6.34. The van der Waals surface area contributed by atoms with Crippen LogP contribution < -0.4 is 4.74 Å². The molecule has 5 heteroatoms. The Labute approximate surface area is 143 Å². The van der Waals surface area contributed by atoms with Crippen molar-refractivity contribution in [3.63, 3.8) is 0 Å². The number of hydrogen-bond acceptors (Lipinski definition) is 3. The van der Waals surface area contributed by atoms with E-state index in [-0.39, 0.29) is 11.9 Å². The molecule has 0 bridgehead atoms. The molecule has 3 rings (SSSR count). The summed E-state index contributed by atoms with van der Waals surface area (Å²) in [6, 6.07) is 8.29. The molecule has 1 amide bonds. The maximum atomic E-state index is 12.7. The van der Waals surface area contributed by atoms with Crippen molar-refractivity contribution in [3.05, 3.63) is 47.8 Å². The van der Waals surface area contributed by atoms with Gasteiger partial charge >= 0.3 is 0 Å². The number of piperidine rings is 1. The van der Waals surface area contributed by atoms with Crippen LogP contribution in [0.5, 0.6) is 5.75 Å². The van der Waals surface area contributed by atoms with Gasteiger partial charge in [-0.1, -0.05) is 12.1 Å². The molecule has 1 fully saturated rings. The molecular weight excluding hydrogens is 302 g/mol. The van der Waals surface area contributed by atoms with Crippen molar-refractivity contribution in [2.45, 2.75) is 44.6 Å². The summed E-state index contributed by atoms with van der Waals surface area (Å²) in [5.74, 6) is 1.11. The number of nitrogens with one attached hydrogen (secondary N) is 1. The number of amides is 1. The van der Waals surface area contributed by atoms with E-state index >= 15 is 0 Å². The first-order valence-corrected chi connectivity index (χ1v) is 8.69. The molecule has 24 heavy (non-hydrogen) atoms. The molecule has 1 aromatic carbocycles. The first-order valence-electron chi connectivity index (χ1n) is 8.69. The van der Waals surface area contributed by atoms with Gasteiger partial charge in [0.1, 0.15) is 5.75 Å². The van der Waals surface area contributed by atoms with Crippen LogP contribution in [0.4, 0.5) is 0 Å². The lowest BCUT2D eigenvalue weighted by Crippen LogP contribution is -2.38. The predicted octanol–water partition coefficient (Wildman–Crippen LogP) is 3.49. The zero-order valence-corrected chi connectivity index (χ0v) is 14.2. The monoisotopic (exact) mass is 327 g/mol. The van der Waals surface area contributed by atoms with Gasteiger partial charge in [-0.3, -0.25) is 9.89 Å². The van der Waals surface area contributed by atoms with Crippen LogP contribution in [0.1, 0.15) is 49.3 Å². The van der Waals surface area contributed by atoms with Crippen LogP contribution in [0.15, 0.2) is 36.7 Å². The summed E-state index contributed by atoms with van der Waals surface area (Å²) in [6.07, 6.45) is 9.34. The standard InChI is InChI=1S/C19H25N3O2/c1-24-17-8-5-7-16(12-17)18-9-2-3-11-22(18)19(23)10-4-6-15-13-20-21-14-15/h5,7-8,12-14,18H,2-4,6,9-11H2,1H3,(H,20,21)/t18-/m1/s1. The van der Waals surface area contributed by atoms with E-state index in [9.17, 15) is 4.79 Å². The van der Waals surface area contributed by atoms with Crippen molar-refractivity contribution < 1.29 is 9.53 Å². The number of aromatic amines is 1. The number of methoxy groups -OCH3 is 1. The highest BCUT2D eigenvalue weighted by Gasteiger charge is 2.27. The van der Waals surface area contributed by atoms with E-state index in [0.29, 0.717) is 6.42 Å². The molecule has 0 spiro atoms. The van der Waals surface area contributed by atoms with Crippen molar-refractivity contribution in [3.8, 4) is 5.75 Å². The van der Waals surface area contributed by atoms with Crippen LogP contribution in [0.2, 0.25) is 0 Å². The van der Waals surface area contributed by atoms with E-state index in [2.05, 4.69) is 27.2 Å². The topological polar surface area (TPSA) is 58.2 Å². The average Bonchev–Trinajstić information content (AvgIpc) is 3.15. The van der Waals surface area contributed by atoms with Crippen molar-refractivity contribution in [2.75, 3.05) is 13.7 Å². The minimum absolute atomic E-state index is 0.176. The molecule has 0 unspecified atom stereocenters. The van der Waals surface area contributed by atoms with Crippen LogP contribution in [0.3, 0.4) is 0 Å². The third kappa shape index (κ3) is 3.96. The first kappa shape index (κ1) is 16.6. The Kier molecular flexibility index (Phi) is 5.51. The summed E-state index contributed by atoms with van der Waals surface area (Å²) >= 11 is 0. The Hall–Kier alpha value is -2.30. The van der Waals surface area contributed by atoms with Gasteiger partial charge in [0, 0.05) is 19.2 Å². The molecule has 0 radical (unpaired) electrons. The highest BCUT2D eigenvalue weighted by molar-refractivity contribution is 5.76. The van der Waals surface area contributed by atoms with Crippen LogP contribution in [-0.2, 0) is 11.2 Å². The summed E-state index contributed by atoms with van der Waals surface area (Å²) in [6.45, 7) is 0.854. The SMILES string of the molecule is COc1cccc([C@H]2CCCCN2C(=O)CCCc2cn[nH]c2)c1. The number of likely N-dealkylation sites (tertiary alicyclic amines) is 1. The Bertz CT molecular complexity index is 654. The van der Waals surface area contributed by atoms with Gasteiger partial charge in [-0.2, -0.15) is 5.10 Å². The van der Waals surface area contributed by atoms with E-state index in [1.807, 2.05) is 24.5 Å². The molecule has 1 aromatic heterocycles. The maximum Gasteiger partial charge on any atom is 0.223 e. The van der Waals surface area contributed by atoms with Gasteiger partial charge in [-0.25, -0.2) is 0 Å². The Morgan fingerprint density at radius 1 is 1.42 bits per heavy atom. The number of hydrogen-bond donors (Lipinski definition) is 1. The number of carbonyl (C=O) groups is 1. The van der Waals surface area contributed by atoms with Crippen molar-refractivity contribution in [1.82, 2.24) is 15.1 Å². The number of aryl methyl sites for hydroxylation is 1. The lowest BCUT2D eigenvalue weighted by molar-refractivity contribution is -0.135. The van der Waals surface area contributed by atoms with E-state index in [4.69, 9.17) is 4.74 Å². The quantitative estimate of drug-likeness (QED) is 0.883. The summed E-state index contributed by atoms with van der Waals surface area (Å²) in [7, 11) is 1.68. The molecule has 0 aliphatic carbocycles. The van der Waals surface area contributed by atoms with E-state index < -0.39 is 0 Å². The highest BCUT2D eigenvalue weighted by atomic mass is 16.5. The third-order valence-corrected chi connectivity index (χ3v) is 4.71. The molecule has 2 heterocycles.